The van der Waals surface area contributed by atoms with Gasteiger partial charge in [0.25, 0.3) is 0 Å². The van der Waals surface area contributed by atoms with E-state index in [2.05, 4.69) is 22.2 Å². The summed E-state index contributed by atoms with van der Waals surface area (Å²) in [6.07, 6.45) is 25.6. The maximum Gasteiger partial charge on any atom is 0.397 e. The monoisotopic (exact) mass is 756 g/mol. The third kappa shape index (κ3) is 33.8. The Hall–Kier alpha value is -1.32. The molecule has 0 bridgehead atoms. The first kappa shape index (κ1) is 48.7. The lowest BCUT2D eigenvalue weighted by Crippen LogP contribution is -2.34. The van der Waals surface area contributed by atoms with Gasteiger partial charge in [-0.3, -0.25) is 18.7 Å². The summed E-state index contributed by atoms with van der Waals surface area (Å²) in [7, 11) is -9.03. The zero-order valence-electron chi connectivity index (χ0n) is 31.5. The molecule has 0 aliphatic rings. The van der Waals surface area contributed by atoms with Gasteiger partial charge in [0, 0.05) is 39.0 Å². The van der Waals surface area contributed by atoms with Crippen molar-refractivity contribution in [1.29, 1.82) is 0 Å². The lowest BCUT2D eigenvalue weighted by molar-refractivity contribution is -0.132. The Morgan fingerprint density at radius 2 is 0.680 bits per heavy atom. The van der Waals surface area contributed by atoms with E-state index in [0.717, 1.165) is 64.2 Å². The first-order chi connectivity index (χ1) is 23.9. The van der Waals surface area contributed by atoms with Crippen molar-refractivity contribution >= 4 is 32.6 Å². The number of amides is 2. The van der Waals surface area contributed by atoms with Gasteiger partial charge in [0.15, 0.2) is 0 Å². The van der Waals surface area contributed by atoms with E-state index < -0.39 is 20.8 Å². The molecule has 0 atom stereocenters. The molecule has 0 fully saturated rings. The van der Waals surface area contributed by atoms with Gasteiger partial charge in [-0.25, -0.2) is 8.37 Å². The molecule has 0 aromatic heterocycles. The zero-order valence-corrected chi connectivity index (χ0v) is 33.1. The summed E-state index contributed by atoms with van der Waals surface area (Å²) in [5.74, 6) is 0.0837. The predicted octanol–water partition coefficient (Wildman–Crippen LogP) is 8.46. The minimum atomic E-state index is -4.52. The second-order valence-corrected chi connectivity index (χ2v) is 15.7. The molecule has 0 aliphatic carbocycles. The first-order valence-corrected chi connectivity index (χ1v) is 22.4. The molecule has 0 saturated carbocycles. The number of carbonyl (C=O) groups is 2. The van der Waals surface area contributed by atoms with Crippen LogP contribution in [0.15, 0.2) is 0 Å². The molecule has 14 heteroatoms. The van der Waals surface area contributed by atoms with Crippen molar-refractivity contribution < 1.29 is 43.9 Å². The molecule has 50 heavy (non-hydrogen) atoms. The second-order valence-electron chi connectivity index (χ2n) is 13.5. The summed E-state index contributed by atoms with van der Waals surface area (Å²) < 4.78 is 70.2. The first-order valence-electron chi connectivity index (χ1n) is 19.7. The lowest BCUT2D eigenvalue weighted by Gasteiger charge is -2.24. The van der Waals surface area contributed by atoms with E-state index >= 15 is 0 Å². The van der Waals surface area contributed by atoms with Crippen molar-refractivity contribution in [2.24, 2.45) is 0 Å². The number of rotatable bonds is 37. The van der Waals surface area contributed by atoms with Crippen LogP contribution in [0.25, 0.3) is 0 Å². The summed E-state index contributed by atoms with van der Waals surface area (Å²) in [5.41, 5.74) is 0. The van der Waals surface area contributed by atoms with Crippen molar-refractivity contribution in [3.05, 3.63) is 0 Å². The highest BCUT2D eigenvalue weighted by molar-refractivity contribution is 7.81. The van der Waals surface area contributed by atoms with E-state index in [1.165, 1.54) is 77.0 Å². The quantitative estimate of drug-likeness (QED) is 0.0463. The van der Waals surface area contributed by atoms with Crippen molar-refractivity contribution in [2.75, 3.05) is 39.4 Å². The third-order valence-corrected chi connectivity index (χ3v) is 9.84. The van der Waals surface area contributed by atoms with Crippen LogP contribution >= 0.6 is 0 Å². The average molecular weight is 757 g/mol. The predicted molar refractivity (Wildman–Crippen MR) is 200 cm³/mol. The number of hydrogen-bond acceptors (Lipinski definition) is 8. The van der Waals surface area contributed by atoms with Crippen molar-refractivity contribution in [2.45, 2.75) is 181 Å². The van der Waals surface area contributed by atoms with Gasteiger partial charge in [0.1, 0.15) is 0 Å². The summed E-state index contributed by atoms with van der Waals surface area (Å²) in [5, 5.41) is 0. The summed E-state index contributed by atoms with van der Waals surface area (Å²) in [4.78, 5) is 29.6. The fourth-order valence-electron chi connectivity index (χ4n) is 6.01. The molecule has 0 spiro atoms. The molecule has 12 nitrogen and oxygen atoms in total. The number of carbonyl (C=O) groups excluding carboxylic acids is 2. The molecule has 0 aliphatic heterocycles. The van der Waals surface area contributed by atoms with Gasteiger partial charge in [-0.05, 0) is 38.5 Å². The molecular weight excluding hydrogens is 685 g/mol. The average Bonchev–Trinajstić information content (AvgIpc) is 3.05. The van der Waals surface area contributed by atoms with E-state index in [-0.39, 0.29) is 25.0 Å². The Labute approximate surface area is 305 Å². The van der Waals surface area contributed by atoms with Crippen LogP contribution in [0.2, 0.25) is 0 Å². The summed E-state index contributed by atoms with van der Waals surface area (Å²) >= 11 is 0. The third-order valence-electron chi connectivity index (χ3n) is 8.91. The van der Waals surface area contributed by atoms with Crippen LogP contribution < -0.4 is 0 Å². The van der Waals surface area contributed by atoms with Crippen LogP contribution in [0.3, 0.4) is 0 Å². The normalized spacial score (nSPS) is 12.0. The Balaban J connectivity index is 4.68. The molecule has 2 amide bonds. The van der Waals surface area contributed by atoms with Crippen molar-refractivity contribution in [3.8, 4) is 0 Å². The highest BCUT2D eigenvalue weighted by Crippen LogP contribution is 2.14. The van der Waals surface area contributed by atoms with Crippen LogP contribution in [-0.4, -0.2) is 86.9 Å². The fraction of sp³-hybridized carbons (Fsp3) is 0.944. The maximum atomic E-state index is 13.0. The standard InChI is InChI=1S/C36H72N2O10S2/c1-3-5-7-9-11-13-15-17-21-27-35(39)37(31-25-33-47-49(41,42)43)29-23-19-20-24-30-38(32-26-34-48-50(44,45)46)36(40)28-22-18-16-14-12-10-8-6-4-2/h3-34H2,1-2H3,(H,41,42,43)(H,44,45,46). The van der Waals surface area contributed by atoms with E-state index in [0.29, 0.717) is 51.9 Å². The lowest BCUT2D eigenvalue weighted by atomic mass is 10.1. The molecule has 0 aromatic rings. The summed E-state index contributed by atoms with van der Waals surface area (Å²) in [6, 6.07) is 0. The van der Waals surface area contributed by atoms with Gasteiger partial charge in [-0.1, -0.05) is 129 Å². The van der Waals surface area contributed by atoms with E-state index in [1.807, 2.05) is 0 Å². The van der Waals surface area contributed by atoms with Gasteiger partial charge in [-0.15, -0.1) is 0 Å². The van der Waals surface area contributed by atoms with E-state index in [4.69, 9.17) is 9.11 Å². The van der Waals surface area contributed by atoms with E-state index in [9.17, 15) is 26.4 Å². The second kappa shape index (κ2) is 32.3. The molecule has 0 unspecified atom stereocenters. The number of hydrogen-bond donors (Lipinski definition) is 2. The molecule has 298 valence electrons. The highest BCUT2D eigenvalue weighted by atomic mass is 32.3. The Kier molecular flexibility index (Phi) is 31.5. The van der Waals surface area contributed by atoms with Crippen LogP contribution in [0.4, 0.5) is 0 Å². The largest absolute Gasteiger partial charge is 0.397 e. The van der Waals surface area contributed by atoms with Gasteiger partial charge < -0.3 is 9.80 Å². The van der Waals surface area contributed by atoms with Gasteiger partial charge in [-0.2, -0.15) is 16.8 Å². The fourth-order valence-corrected chi connectivity index (χ4v) is 6.67. The van der Waals surface area contributed by atoms with Crippen molar-refractivity contribution in [3.63, 3.8) is 0 Å². The zero-order chi connectivity index (χ0) is 37.4. The smallest absolute Gasteiger partial charge is 0.343 e. The molecular formula is C36H72N2O10S2. The topological polar surface area (TPSA) is 168 Å². The summed E-state index contributed by atoms with van der Waals surface area (Å²) in [6.45, 7) is 5.79. The molecule has 0 radical (unpaired) electrons. The van der Waals surface area contributed by atoms with Crippen molar-refractivity contribution in [1.82, 2.24) is 9.80 Å². The Morgan fingerprint density at radius 3 is 0.980 bits per heavy atom. The molecule has 0 rings (SSSR count). The van der Waals surface area contributed by atoms with Gasteiger partial charge in [0.2, 0.25) is 11.8 Å². The van der Waals surface area contributed by atoms with Crippen LogP contribution in [0.1, 0.15) is 181 Å². The van der Waals surface area contributed by atoms with E-state index in [1.54, 1.807) is 9.80 Å². The molecule has 0 heterocycles. The highest BCUT2D eigenvalue weighted by Gasteiger charge is 2.16. The minimum Gasteiger partial charge on any atom is -0.343 e. The SMILES string of the molecule is CCCCCCCCCCCC(=O)N(CCCCCCN(CCCOS(=O)(=O)O)C(=O)CCCCCCCCCCC)CCCOS(=O)(=O)O. The van der Waals surface area contributed by atoms with Gasteiger partial charge >= 0.3 is 20.8 Å². The van der Waals surface area contributed by atoms with Crippen LogP contribution in [-0.2, 0) is 38.8 Å². The number of unbranched alkanes of at least 4 members (excludes halogenated alkanes) is 19. The van der Waals surface area contributed by atoms with Crippen LogP contribution in [0.5, 0.6) is 0 Å². The molecule has 0 aromatic carbocycles. The maximum absolute atomic E-state index is 13.0. The van der Waals surface area contributed by atoms with Crippen LogP contribution in [0, 0.1) is 0 Å². The molecule has 0 saturated heterocycles. The van der Waals surface area contributed by atoms with Gasteiger partial charge in [0.05, 0.1) is 13.2 Å². The Bertz CT molecular complexity index is 959. The Morgan fingerprint density at radius 1 is 0.420 bits per heavy atom. The molecule has 2 N–H and O–H groups in total. The minimum absolute atomic E-state index is 0.0418. The number of nitrogens with zero attached hydrogens (tertiary/aromatic N) is 2.